The summed E-state index contributed by atoms with van der Waals surface area (Å²) in [6.45, 7) is 3.88. The highest BCUT2D eigenvalue weighted by Crippen LogP contribution is 2.20. The number of methoxy groups -OCH3 is 1. The fraction of sp³-hybridized carbons (Fsp3) is 0.400. The van der Waals surface area contributed by atoms with E-state index in [4.69, 9.17) is 10.00 Å². The highest BCUT2D eigenvalue weighted by molar-refractivity contribution is 5.76. The first-order chi connectivity index (χ1) is 9.76. The average molecular weight is 270 g/mol. The summed E-state index contributed by atoms with van der Waals surface area (Å²) in [5.74, 6) is 0.830. The molecule has 0 atom stereocenters. The molecule has 2 aromatic rings. The van der Waals surface area contributed by atoms with E-state index in [0.717, 1.165) is 22.5 Å². The lowest BCUT2D eigenvalue weighted by Gasteiger charge is -2.23. The molecule has 20 heavy (non-hydrogen) atoms. The molecule has 104 valence electrons. The van der Waals surface area contributed by atoms with Gasteiger partial charge in [0, 0.05) is 20.2 Å². The SMILES string of the molecule is COCCN(CCC#N)c1nc2ccccc2nc1C. The molecule has 0 amide bonds. The second-order valence-corrected chi connectivity index (χ2v) is 4.51. The predicted octanol–water partition coefficient (Wildman–Crippen LogP) is 2.30. The van der Waals surface area contributed by atoms with Gasteiger partial charge in [0.15, 0.2) is 5.82 Å². The van der Waals surface area contributed by atoms with Crippen LogP contribution in [0.5, 0.6) is 0 Å². The maximum Gasteiger partial charge on any atom is 0.150 e. The van der Waals surface area contributed by atoms with Crippen molar-refractivity contribution in [3.63, 3.8) is 0 Å². The van der Waals surface area contributed by atoms with Crippen molar-refractivity contribution in [1.82, 2.24) is 9.97 Å². The van der Waals surface area contributed by atoms with Gasteiger partial charge in [0.05, 0.1) is 35.8 Å². The zero-order valence-corrected chi connectivity index (χ0v) is 11.8. The van der Waals surface area contributed by atoms with Gasteiger partial charge < -0.3 is 9.64 Å². The molecule has 0 N–H and O–H groups in total. The number of aromatic nitrogens is 2. The summed E-state index contributed by atoms with van der Waals surface area (Å²) in [5.41, 5.74) is 2.63. The first-order valence-corrected chi connectivity index (χ1v) is 6.60. The largest absolute Gasteiger partial charge is 0.383 e. The maximum atomic E-state index is 8.78. The maximum absolute atomic E-state index is 8.78. The van der Waals surface area contributed by atoms with Gasteiger partial charge in [-0.1, -0.05) is 12.1 Å². The molecule has 0 bridgehead atoms. The molecule has 0 saturated carbocycles. The minimum Gasteiger partial charge on any atom is -0.383 e. The fourth-order valence-corrected chi connectivity index (χ4v) is 2.09. The van der Waals surface area contributed by atoms with Gasteiger partial charge in [0.2, 0.25) is 0 Å². The number of nitriles is 1. The summed E-state index contributed by atoms with van der Waals surface area (Å²) < 4.78 is 5.13. The topological polar surface area (TPSA) is 62.0 Å². The number of ether oxygens (including phenoxy) is 1. The molecule has 1 heterocycles. The second kappa shape index (κ2) is 6.83. The Bertz CT molecular complexity index is 621. The number of benzene rings is 1. The van der Waals surface area contributed by atoms with Gasteiger partial charge in [0.25, 0.3) is 0 Å². The summed E-state index contributed by atoms with van der Waals surface area (Å²) in [7, 11) is 1.67. The Morgan fingerprint density at radius 1 is 1.20 bits per heavy atom. The van der Waals surface area contributed by atoms with Crippen molar-refractivity contribution in [2.24, 2.45) is 0 Å². The van der Waals surface area contributed by atoms with Crippen LogP contribution >= 0.6 is 0 Å². The van der Waals surface area contributed by atoms with Crippen LogP contribution in [-0.4, -0.2) is 36.8 Å². The van der Waals surface area contributed by atoms with Gasteiger partial charge in [-0.05, 0) is 19.1 Å². The number of aryl methyl sites for hydroxylation is 1. The van der Waals surface area contributed by atoms with E-state index in [1.54, 1.807) is 7.11 Å². The first-order valence-electron chi connectivity index (χ1n) is 6.60. The highest BCUT2D eigenvalue weighted by Gasteiger charge is 2.13. The molecule has 0 aliphatic carbocycles. The first kappa shape index (κ1) is 14.2. The standard InChI is InChI=1S/C15H18N4O/c1-12-15(19(9-5-8-16)10-11-20-2)18-14-7-4-3-6-13(14)17-12/h3-4,6-7H,5,9-11H2,1-2H3. The third kappa shape index (κ3) is 3.22. The van der Waals surface area contributed by atoms with Crippen LogP contribution in [0.1, 0.15) is 12.1 Å². The molecule has 5 heteroatoms. The summed E-state index contributed by atoms with van der Waals surface area (Å²) in [6.07, 6.45) is 0.456. The van der Waals surface area contributed by atoms with E-state index in [1.807, 2.05) is 31.2 Å². The molecule has 0 fully saturated rings. The predicted molar refractivity (Wildman–Crippen MR) is 78.6 cm³/mol. The van der Waals surface area contributed by atoms with Crippen molar-refractivity contribution in [3.8, 4) is 6.07 Å². The highest BCUT2D eigenvalue weighted by atomic mass is 16.5. The normalized spacial score (nSPS) is 10.4. The van der Waals surface area contributed by atoms with Gasteiger partial charge >= 0.3 is 0 Å². The summed E-state index contributed by atoms with van der Waals surface area (Å²) >= 11 is 0. The Hall–Kier alpha value is -2.19. The van der Waals surface area contributed by atoms with E-state index in [0.29, 0.717) is 26.1 Å². The summed E-state index contributed by atoms with van der Waals surface area (Å²) in [5, 5.41) is 8.78. The van der Waals surface area contributed by atoms with E-state index in [2.05, 4.69) is 20.9 Å². The number of hydrogen-bond acceptors (Lipinski definition) is 5. The lowest BCUT2D eigenvalue weighted by atomic mass is 10.2. The number of para-hydroxylation sites is 2. The second-order valence-electron chi connectivity index (χ2n) is 4.51. The van der Waals surface area contributed by atoms with Crippen LogP contribution in [-0.2, 0) is 4.74 Å². The summed E-state index contributed by atoms with van der Waals surface area (Å²) in [4.78, 5) is 11.3. The molecule has 0 unspecified atom stereocenters. The van der Waals surface area contributed by atoms with Crippen molar-refractivity contribution < 1.29 is 4.74 Å². The lowest BCUT2D eigenvalue weighted by Crippen LogP contribution is -2.30. The van der Waals surface area contributed by atoms with Gasteiger partial charge in [-0.3, -0.25) is 0 Å². The molecule has 5 nitrogen and oxygen atoms in total. The van der Waals surface area contributed by atoms with E-state index in [1.165, 1.54) is 0 Å². The van der Waals surface area contributed by atoms with Crippen LogP contribution in [0.2, 0.25) is 0 Å². The molecular weight excluding hydrogens is 252 g/mol. The monoisotopic (exact) mass is 270 g/mol. The minimum atomic E-state index is 0.456. The molecular formula is C15H18N4O. The summed E-state index contributed by atoms with van der Waals surface area (Å²) in [6, 6.07) is 9.97. The van der Waals surface area contributed by atoms with Crippen LogP contribution in [0, 0.1) is 18.3 Å². The Morgan fingerprint density at radius 3 is 2.55 bits per heavy atom. The molecule has 0 radical (unpaired) electrons. The zero-order valence-electron chi connectivity index (χ0n) is 11.8. The van der Waals surface area contributed by atoms with E-state index in [-0.39, 0.29) is 0 Å². The number of anilines is 1. The van der Waals surface area contributed by atoms with E-state index < -0.39 is 0 Å². The molecule has 1 aromatic heterocycles. The van der Waals surface area contributed by atoms with Crippen LogP contribution in [0.15, 0.2) is 24.3 Å². The van der Waals surface area contributed by atoms with E-state index >= 15 is 0 Å². The molecule has 0 aliphatic heterocycles. The fourth-order valence-electron chi connectivity index (χ4n) is 2.09. The quantitative estimate of drug-likeness (QED) is 0.806. The van der Waals surface area contributed by atoms with Crippen molar-refractivity contribution >= 4 is 16.9 Å². The number of fused-ring (bicyclic) bond motifs is 1. The molecule has 0 saturated heterocycles. The smallest absolute Gasteiger partial charge is 0.150 e. The molecule has 2 rings (SSSR count). The molecule has 1 aromatic carbocycles. The zero-order chi connectivity index (χ0) is 14.4. The number of hydrogen-bond donors (Lipinski definition) is 0. The van der Waals surface area contributed by atoms with Crippen molar-refractivity contribution in [3.05, 3.63) is 30.0 Å². The van der Waals surface area contributed by atoms with Gasteiger partial charge in [-0.15, -0.1) is 0 Å². The van der Waals surface area contributed by atoms with Gasteiger partial charge in [-0.2, -0.15) is 5.26 Å². The number of rotatable bonds is 6. The van der Waals surface area contributed by atoms with Crippen molar-refractivity contribution in [2.45, 2.75) is 13.3 Å². The van der Waals surface area contributed by atoms with Crippen LogP contribution in [0.3, 0.4) is 0 Å². The van der Waals surface area contributed by atoms with Crippen LogP contribution in [0.4, 0.5) is 5.82 Å². The Morgan fingerprint density at radius 2 is 1.90 bits per heavy atom. The third-order valence-electron chi connectivity index (χ3n) is 3.08. The van der Waals surface area contributed by atoms with Crippen LogP contribution < -0.4 is 4.90 Å². The van der Waals surface area contributed by atoms with E-state index in [9.17, 15) is 0 Å². The molecule has 0 spiro atoms. The average Bonchev–Trinajstić information content (AvgIpc) is 2.47. The van der Waals surface area contributed by atoms with Gasteiger partial charge in [0.1, 0.15) is 0 Å². The van der Waals surface area contributed by atoms with Crippen molar-refractivity contribution in [2.75, 3.05) is 31.7 Å². The third-order valence-corrected chi connectivity index (χ3v) is 3.08. The molecule has 0 aliphatic rings. The Balaban J connectivity index is 2.35. The lowest BCUT2D eigenvalue weighted by molar-refractivity contribution is 0.205. The Labute approximate surface area is 118 Å². The number of nitrogens with zero attached hydrogens (tertiary/aromatic N) is 4. The van der Waals surface area contributed by atoms with Crippen LogP contribution in [0.25, 0.3) is 11.0 Å². The minimum absolute atomic E-state index is 0.456. The Kier molecular flexibility index (Phi) is 4.85. The van der Waals surface area contributed by atoms with Crippen molar-refractivity contribution in [1.29, 1.82) is 5.26 Å². The van der Waals surface area contributed by atoms with Gasteiger partial charge in [-0.25, -0.2) is 9.97 Å².